The van der Waals surface area contributed by atoms with Crippen LogP contribution in [-0.4, -0.2) is 11.1 Å². The van der Waals surface area contributed by atoms with Crippen LogP contribution in [0.2, 0.25) is 0 Å². The lowest BCUT2D eigenvalue weighted by Gasteiger charge is -2.17. The second-order valence-corrected chi connectivity index (χ2v) is 6.85. The van der Waals surface area contributed by atoms with Crippen LogP contribution in [0, 0.1) is 0 Å². The predicted molar refractivity (Wildman–Crippen MR) is 97.7 cm³/mol. The zero-order valence-electron chi connectivity index (χ0n) is 12.8. The maximum Gasteiger partial charge on any atom is 0.337 e. The van der Waals surface area contributed by atoms with Crippen molar-refractivity contribution >= 4 is 39.0 Å². The molecule has 0 saturated carbocycles. The van der Waals surface area contributed by atoms with Crippen LogP contribution in [0.4, 0.5) is 0 Å². The van der Waals surface area contributed by atoms with Crippen molar-refractivity contribution in [2.45, 2.75) is 12.8 Å². The van der Waals surface area contributed by atoms with Gasteiger partial charge in [0.2, 0.25) is 0 Å². The molecule has 1 aliphatic rings. The number of carboxylic acids is 1. The summed E-state index contributed by atoms with van der Waals surface area (Å²) in [6.07, 6.45) is 3.56. The van der Waals surface area contributed by atoms with Crippen LogP contribution in [-0.2, 0) is 6.42 Å². The molecule has 0 unspecified atom stereocenters. The van der Waals surface area contributed by atoms with Crippen LogP contribution < -0.4 is 5.43 Å². The Balaban J connectivity index is 1.97. The molecule has 0 atom stereocenters. The van der Waals surface area contributed by atoms with E-state index >= 15 is 0 Å². The first-order chi connectivity index (χ1) is 11.6. The van der Waals surface area contributed by atoms with Gasteiger partial charge in [-0.3, -0.25) is 4.79 Å². The molecule has 4 heteroatoms. The number of carbonyl (C=O) groups is 1. The average molecular weight is 334 g/mol. The van der Waals surface area contributed by atoms with Crippen LogP contribution in [0.25, 0.3) is 21.7 Å². The number of benzene rings is 2. The predicted octanol–water partition coefficient (Wildman–Crippen LogP) is 4.45. The Labute approximate surface area is 142 Å². The Bertz CT molecular complexity index is 1050. The van der Waals surface area contributed by atoms with Crippen molar-refractivity contribution in [3.05, 3.63) is 80.3 Å². The second-order valence-electron chi connectivity index (χ2n) is 5.80. The second kappa shape index (κ2) is 5.73. The van der Waals surface area contributed by atoms with Gasteiger partial charge in [-0.05, 0) is 42.2 Å². The Kier molecular flexibility index (Phi) is 3.54. The lowest BCUT2D eigenvalue weighted by atomic mass is 9.92. The molecule has 0 radical (unpaired) electrons. The lowest BCUT2D eigenvalue weighted by molar-refractivity contribution is 0.0699. The van der Waals surface area contributed by atoms with E-state index in [1.54, 1.807) is 18.2 Å². The quantitative estimate of drug-likeness (QED) is 0.753. The Morgan fingerprint density at radius 2 is 1.79 bits per heavy atom. The van der Waals surface area contributed by atoms with E-state index in [4.69, 9.17) is 0 Å². The maximum atomic E-state index is 12.8. The van der Waals surface area contributed by atoms with Crippen LogP contribution >= 0.6 is 11.3 Å². The third-order valence-electron chi connectivity index (χ3n) is 4.37. The van der Waals surface area contributed by atoms with E-state index in [2.05, 4.69) is 12.1 Å². The zero-order valence-corrected chi connectivity index (χ0v) is 13.6. The van der Waals surface area contributed by atoms with E-state index in [-0.39, 0.29) is 11.0 Å². The van der Waals surface area contributed by atoms with E-state index in [0.717, 1.165) is 22.4 Å². The number of fused-ring (bicyclic) bond motifs is 2. The monoisotopic (exact) mass is 334 g/mol. The van der Waals surface area contributed by atoms with Crippen molar-refractivity contribution in [1.82, 2.24) is 0 Å². The minimum absolute atomic E-state index is 0.0368. The highest BCUT2D eigenvalue weighted by molar-refractivity contribution is 7.19. The van der Waals surface area contributed by atoms with Gasteiger partial charge in [0, 0.05) is 15.8 Å². The molecule has 0 bridgehead atoms. The van der Waals surface area contributed by atoms with Gasteiger partial charge in [0.05, 0.1) is 10.3 Å². The smallest absolute Gasteiger partial charge is 0.337 e. The van der Waals surface area contributed by atoms with Crippen molar-refractivity contribution in [2.75, 3.05) is 0 Å². The third-order valence-corrected chi connectivity index (χ3v) is 5.60. The Morgan fingerprint density at radius 1 is 1.00 bits per heavy atom. The van der Waals surface area contributed by atoms with E-state index < -0.39 is 5.97 Å². The van der Waals surface area contributed by atoms with E-state index in [1.807, 2.05) is 24.3 Å². The minimum atomic E-state index is -1.00. The fourth-order valence-corrected chi connectivity index (χ4v) is 4.44. The number of hydrogen-bond donors (Lipinski definition) is 1. The highest BCUT2D eigenvalue weighted by Gasteiger charge is 2.20. The normalized spacial score (nSPS) is 13.4. The molecule has 2 aromatic carbocycles. The molecule has 1 aromatic heterocycles. The highest BCUT2D eigenvalue weighted by atomic mass is 32.1. The summed E-state index contributed by atoms with van der Waals surface area (Å²) in [4.78, 5) is 25.1. The minimum Gasteiger partial charge on any atom is -0.478 e. The molecule has 1 aliphatic carbocycles. The summed E-state index contributed by atoms with van der Waals surface area (Å²) >= 11 is 1.40. The molecule has 1 N–H and O–H groups in total. The molecule has 0 fully saturated rings. The third kappa shape index (κ3) is 2.36. The SMILES string of the molecule is O=C(O)c1cccc2c(=O)c3c(sc12)C=C(c1ccccc1)CC3. The largest absolute Gasteiger partial charge is 0.478 e. The zero-order chi connectivity index (χ0) is 16.7. The molecule has 0 amide bonds. The molecule has 3 aromatic rings. The number of carboxylic acid groups (broad SMARTS) is 1. The summed E-state index contributed by atoms with van der Waals surface area (Å²) in [6.45, 7) is 0. The Morgan fingerprint density at radius 3 is 2.54 bits per heavy atom. The van der Waals surface area contributed by atoms with E-state index in [9.17, 15) is 14.7 Å². The Hall–Kier alpha value is -2.72. The first-order valence-electron chi connectivity index (χ1n) is 7.73. The summed E-state index contributed by atoms with van der Waals surface area (Å²) < 4.78 is 0.555. The van der Waals surface area contributed by atoms with E-state index in [0.29, 0.717) is 16.5 Å². The van der Waals surface area contributed by atoms with Crippen molar-refractivity contribution in [3.8, 4) is 0 Å². The van der Waals surface area contributed by atoms with Crippen molar-refractivity contribution in [1.29, 1.82) is 0 Å². The van der Waals surface area contributed by atoms with Gasteiger partial charge in [0.15, 0.2) is 5.43 Å². The average Bonchev–Trinajstić information content (AvgIpc) is 2.61. The first kappa shape index (κ1) is 14.8. The summed E-state index contributed by atoms with van der Waals surface area (Å²) in [5, 5.41) is 9.91. The van der Waals surface area contributed by atoms with Crippen LogP contribution in [0.1, 0.15) is 32.8 Å². The molecule has 0 spiro atoms. The van der Waals surface area contributed by atoms with Gasteiger partial charge in [0.25, 0.3) is 0 Å². The molecular formula is C20H14O3S. The lowest BCUT2D eigenvalue weighted by Crippen LogP contribution is -2.14. The van der Waals surface area contributed by atoms with E-state index in [1.165, 1.54) is 16.9 Å². The summed E-state index contributed by atoms with van der Waals surface area (Å²) in [7, 11) is 0. The molecule has 0 aliphatic heterocycles. The van der Waals surface area contributed by atoms with Gasteiger partial charge >= 0.3 is 5.97 Å². The van der Waals surface area contributed by atoms with Gasteiger partial charge in [0.1, 0.15) is 0 Å². The standard InChI is InChI=1S/C20H14O3S/c21-18-14-10-9-13(12-5-2-1-3-6-12)11-17(14)24-19-15(18)7-4-8-16(19)20(22)23/h1-8,11H,9-10H2,(H,22,23). The van der Waals surface area contributed by atoms with Crippen molar-refractivity contribution < 1.29 is 9.90 Å². The fourth-order valence-electron chi connectivity index (χ4n) is 3.16. The number of hydrogen-bond acceptors (Lipinski definition) is 3. The molecule has 118 valence electrons. The van der Waals surface area contributed by atoms with Gasteiger partial charge in [-0.25, -0.2) is 4.79 Å². The van der Waals surface area contributed by atoms with Crippen LogP contribution in [0.3, 0.4) is 0 Å². The molecule has 1 heterocycles. The van der Waals surface area contributed by atoms with Gasteiger partial charge in [-0.1, -0.05) is 36.4 Å². The first-order valence-corrected chi connectivity index (χ1v) is 8.55. The van der Waals surface area contributed by atoms with Crippen molar-refractivity contribution in [2.24, 2.45) is 0 Å². The summed E-state index contributed by atoms with van der Waals surface area (Å²) in [5.41, 5.74) is 3.29. The topological polar surface area (TPSA) is 54.4 Å². The highest BCUT2D eigenvalue weighted by Crippen LogP contribution is 2.34. The maximum absolute atomic E-state index is 12.8. The summed E-state index contributed by atoms with van der Waals surface area (Å²) in [5.74, 6) is -1.00. The van der Waals surface area contributed by atoms with Crippen LogP contribution in [0.15, 0.2) is 53.3 Å². The van der Waals surface area contributed by atoms with Gasteiger partial charge in [-0.2, -0.15) is 0 Å². The van der Waals surface area contributed by atoms with Crippen molar-refractivity contribution in [3.63, 3.8) is 0 Å². The van der Waals surface area contributed by atoms with Gasteiger partial charge < -0.3 is 5.11 Å². The summed E-state index contributed by atoms with van der Waals surface area (Å²) in [6, 6.07) is 15.0. The number of rotatable bonds is 2. The molecule has 24 heavy (non-hydrogen) atoms. The number of allylic oxidation sites excluding steroid dienone is 1. The molecule has 4 rings (SSSR count). The molecule has 3 nitrogen and oxygen atoms in total. The number of aromatic carboxylic acids is 1. The fraction of sp³-hybridized carbons (Fsp3) is 0.100. The molecular weight excluding hydrogens is 320 g/mol. The van der Waals surface area contributed by atoms with Gasteiger partial charge in [-0.15, -0.1) is 11.3 Å². The molecule has 0 saturated heterocycles. The van der Waals surface area contributed by atoms with Crippen LogP contribution in [0.5, 0.6) is 0 Å².